The lowest BCUT2D eigenvalue weighted by Crippen LogP contribution is -2.36. The summed E-state index contributed by atoms with van der Waals surface area (Å²) < 4.78 is 5.40. The average Bonchev–Trinajstić information content (AvgIpc) is 2.27. The Kier molecular flexibility index (Phi) is 6.69. The van der Waals surface area contributed by atoms with Crippen LogP contribution in [0, 0.1) is 5.92 Å². The molecule has 0 amide bonds. The topological polar surface area (TPSA) is 12.5 Å². The Balaban J connectivity index is 2.01. The Labute approximate surface area is 94.3 Å². The molecule has 1 fully saturated rings. The number of nitrogens with zero attached hydrogens (tertiary/aromatic N) is 1. The first kappa shape index (κ1) is 12.7. The van der Waals surface area contributed by atoms with Crippen molar-refractivity contribution in [2.75, 3.05) is 32.8 Å². The molecule has 0 saturated carbocycles. The Morgan fingerprint density at radius 1 is 1.40 bits per heavy atom. The first-order valence-electron chi connectivity index (χ1n) is 6.27. The summed E-state index contributed by atoms with van der Waals surface area (Å²) in [5, 5.41) is 0. The minimum Gasteiger partial charge on any atom is -0.376 e. The molecule has 0 aromatic rings. The van der Waals surface area contributed by atoms with Crippen molar-refractivity contribution in [2.24, 2.45) is 5.92 Å². The van der Waals surface area contributed by atoms with E-state index in [-0.39, 0.29) is 0 Å². The van der Waals surface area contributed by atoms with Crippen molar-refractivity contribution >= 4 is 0 Å². The highest BCUT2D eigenvalue weighted by molar-refractivity contribution is 4.72. The summed E-state index contributed by atoms with van der Waals surface area (Å²) in [4.78, 5) is 2.52. The molecule has 0 N–H and O–H groups in total. The summed E-state index contributed by atoms with van der Waals surface area (Å²) in [6.45, 7) is 11.1. The van der Waals surface area contributed by atoms with Crippen LogP contribution in [0.2, 0.25) is 0 Å². The standard InChI is InChI=1S/C13H25NO/c1-3-5-13-6-8-14(9-7-13)10-12-15-11-4-2/h4,13H,2-3,5-12H2,1H3. The van der Waals surface area contributed by atoms with Gasteiger partial charge in [-0.1, -0.05) is 25.8 Å². The van der Waals surface area contributed by atoms with Crippen molar-refractivity contribution in [2.45, 2.75) is 32.6 Å². The average molecular weight is 211 g/mol. The van der Waals surface area contributed by atoms with Crippen LogP contribution in [0.4, 0.5) is 0 Å². The Hall–Kier alpha value is -0.340. The normalized spacial score (nSPS) is 19.3. The molecule has 0 aromatic carbocycles. The van der Waals surface area contributed by atoms with E-state index in [0.717, 1.165) is 19.1 Å². The fourth-order valence-corrected chi connectivity index (χ4v) is 2.27. The number of rotatable bonds is 7. The summed E-state index contributed by atoms with van der Waals surface area (Å²) >= 11 is 0. The number of ether oxygens (including phenoxy) is 1. The number of hydrogen-bond donors (Lipinski definition) is 0. The van der Waals surface area contributed by atoms with Gasteiger partial charge >= 0.3 is 0 Å². The molecule has 0 atom stereocenters. The molecule has 0 aromatic heterocycles. The van der Waals surface area contributed by atoms with E-state index >= 15 is 0 Å². The number of piperidine rings is 1. The summed E-state index contributed by atoms with van der Waals surface area (Å²) in [6, 6.07) is 0. The van der Waals surface area contributed by atoms with E-state index in [9.17, 15) is 0 Å². The third-order valence-corrected chi connectivity index (χ3v) is 3.19. The number of likely N-dealkylation sites (tertiary alicyclic amines) is 1. The van der Waals surface area contributed by atoms with Gasteiger partial charge in [0, 0.05) is 6.54 Å². The van der Waals surface area contributed by atoms with Gasteiger partial charge in [-0.05, 0) is 31.8 Å². The van der Waals surface area contributed by atoms with Crippen molar-refractivity contribution in [1.82, 2.24) is 4.90 Å². The van der Waals surface area contributed by atoms with Crippen LogP contribution < -0.4 is 0 Å². The molecule has 2 nitrogen and oxygen atoms in total. The highest BCUT2D eigenvalue weighted by Crippen LogP contribution is 2.21. The molecular formula is C13H25NO. The molecule has 1 rings (SSSR count). The van der Waals surface area contributed by atoms with Crippen molar-refractivity contribution in [3.8, 4) is 0 Å². The molecule has 1 saturated heterocycles. The maximum Gasteiger partial charge on any atom is 0.0645 e. The Morgan fingerprint density at radius 3 is 2.73 bits per heavy atom. The van der Waals surface area contributed by atoms with Crippen molar-refractivity contribution in [1.29, 1.82) is 0 Å². The lowest BCUT2D eigenvalue weighted by Gasteiger charge is -2.31. The highest BCUT2D eigenvalue weighted by Gasteiger charge is 2.17. The van der Waals surface area contributed by atoms with E-state index < -0.39 is 0 Å². The third-order valence-electron chi connectivity index (χ3n) is 3.19. The largest absolute Gasteiger partial charge is 0.376 e. The molecule has 1 aliphatic heterocycles. The predicted molar refractivity (Wildman–Crippen MR) is 65.1 cm³/mol. The number of hydrogen-bond acceptors (Lipinski definition) is 2. The van der Waals surface area contributed by atoms with Crippen LogP contribution in [0.5, 0.6) is 0 Å². The zero-order valence-electron chi connectivity index (χ0n) is 10.1. The van der Waals surface area contributed by atoms with Crippen LogP contribution in [0.25, 0.3) is 0 Å². The lowest BCUT2D eigenvalue weighted by molar-refractivity contribution is 0.102. The summed E-state index contributed by atoms with van der Waals surface area (Å²) in [7, 11) is 0. The van der Waals surface area contributed by atoms with Crippen LogP contribution in [-0.4, -0.2) is 37.7 Å². The third kappa shape index (κ3) is 5.33. The second-order valence-corrected chi connectivity index (χ2v) is 4.44. The van der Waals surface area contributed by atoms with Gasteiger partial charge in [0.25, 0.3) is 0 Å². The first-order valence-corrected chi connectivity index (χ1v) is 6.27. The summed E-state index contributed by atoms with van der Waals surface area (Å²) in [5.41, 5.74) is 0. The SMILES string of the molecule is C=CCOCCN1CCC(CCC)CC1. The summed E-state index contributed by atoms with van der Waals surface area (Å²) in [6.07, 6.45) is 7.34. The minimum absolute atomic E-state index is 0.687. The van der Waals surface area contributed by atoms with E-state index in [4.69, 9.17) is 4.74 Å². The molecule has 0 radical (unpaired) electrons. The van der Waals surface area contributed by atoms with Gasteiger partial charge in [-0.15, -0.1) is 6.58 Å². The zero-order chi connectivity index (χ0) is 10.9. The van der Waals surface area contributed by atoms with Crippen molar-refractivity contribution in [3.05, 3.63) is 12.7 Å². The van der Waals surface area contributed by atoms with E-state index in [1.165, 1.54) is 38.8 Å². The van der Waals surface area contributed by atoms with E-state index in [2.05, 4.69) is 18.4 Å². The quantitative estimate of drug-likeness (QED) is 0.474. The second-order valence-electron chi connectivity index (χ2n) is 4.44. The molecule has 0 aliphatic carbocycles. The Morgan fingerprint density at radius 2 is 2.13 bits per heavy atom. The first-order chi connectivity index (χ1) is 7.36. The molecule has 0 bridgehead atoms. The maximum absolute atomic E-state index is 5.40. The second kappa shape index (κ2) is 7.89. The van der Waals surface area contributed by atoms with Crippen molar-refractivity contribution < 1.29 is 4.74 Å². The maximum atomic E-state index is 5.40. The van der Waals surface area contributed by atoms with Crippen molar-refractivity contribution in [3.63, 3.8) is 0 Å². The van der Waals surface area contributed by atoms with E-state index in [1.807, 2.05) is 6.08 Å². The molecule has 15 heavy (non-hydrogen) atoms. The molecule has 0 unspecified atom stereocenters. The molecule has 0 spiro atoms. The molecule has 88 valence electrons. The zero-order valence-corrected chi connectivity index (χ0v) is 10.1. The minimum atomic E-state index is 0.687. The lowest BCUT2D eigenvalue weighted by atomic mass is 9.92. The van der Waals surface area contributed by atoms with Gasteiger partial charge in [0.15, 0.2) is 0 Å². The predicted octanol–water partition coefficient (Wildman–Crippen LogP) is 2.70. The smallest absolute Gasteiger partial charge is 0.0645 e. The summed E-state index contributed by atoms with van der Waals surface area (Å²) in [5.74, 6) is 0.986. The van der Waals surface area contributed by atoms with Gasteiger partial charge < -0.3 is 9.64 Å². The van der Waals surface area contributed by atoms with E-state index in [0.29, 0.717) is 6.61 Å². The van der Waals surface area contributed by atoms with Gasteiger partial charge in [-0.25, -0.2) is 0 Å². The molecular weight excluding hydrogens is 186 g/mol. The van der Waals surface area contributed by atoms with Gasteiger partial charge in [0.05, 0.1) is 13.2 Å². The van der Waals surface area contributed by atoms with Crippen LogP contribution in [0.3, 0.4) is 0 Å². The van der Waals surface area contributed by atoms with Gasteiger partial charge in [-0.3, -0.25) is 0 Å². The van der Waals surface area contributed by atoms with Gasteiger partial charge in [-0.2, -0.15) is 0 Å². The monoisotopic (exact) mass is 211 g/mol. The van der Waals surface area contributed by atoms with Crippen LogP contribution in [-0.2, 0) is 4.74 Å². The van der Waals surface area contributed by atoms with Crippen LogP contribution in [0.15, 0.2) is 12.7 Å². The molecule has 2 heteroatoms. The van der Waals surface area contributed by atoms with Crippen LogP contribution >= 0.6 is 0 Å². The van der Waals surface area contributed by atoms with E-state index in [1.54, 1.807) is 0 Å². The van der Waals surface area contributed by atoms with Gasteiger partial charge in [0.1, 0.15) is 0 Å². The highest BCUT2D eigenvalue weighted by atomic mass is 16.5. The molecule has 1 heterocycles. The molecule has 1 aliphatic rings. The van der Waals surface area contributed by atoms with Gasteiger partial charge in [0.2, 0.25) is 0 Å². The van der Waals surface area contributed by atoms with Crippen LogP contribution in [0.1, 0.15) is 32.6 Å². The fraction of sp³-hybridized carbons (Fsp3) is 0.846. The Bertz CT molecular complexity index is 162. The fourth-order valence-electron chi connectivity index (χ4n) is 2.27.